The molecule has 0 saturated carbocycles. The van der Waals surface area contributed by atoms with Gasteiger partial charge in [-0.2, -0.15) is 0 Å². The quantitative estimate of drug-likeness (QED) is 0.643. The molecule has 0 amide bonds. The number of aromatic nitrogens is 1. The van der Waals surface area contributed by atoms with Crippen LogP contribution < -0.4 is 0 Å². The first-order valence-corrected chi connectivity index (χ1v) is 6.89. The molecule has 0 fully saturated rings. The first-order chi connectivity index (χ1) is 9.61. The first-order valence-electron chi connectivity index (χ1n) is 6.13. The van der Waals surface area contributed by atoms with Crippen molar-refractivity contribution in [3.63, 3.8) is 0 Å². The van der Waals surface area contributed by atoms with E-state index in [-0.39, 0.29) is 0 Å². The number of aldehydes is 1. The van der Waals surface area contributed by atoms with E-state index in [1.165, 1.54) is 0 Å². The molecule has 100 valence electrons. The molecular weight excluding hydrogens is 293 g/mol. The fourth-order valence-corrected chi connectivity index (χ4v) is 2.86. The van der Waals surface area contributed by atoms with Crippen LogP contribution in [0.3, 0.4) is 0 Å². The van der Waals surface area contributed by atoms with Crippen LogP contribution in [0, 0.1) is 6.92 Å². The van der Waals surface area contributed by atoms with Gasteiger partial charge in [-0.15, -0.1) is 0 Å². The Hall–Kier alpha value is -1.77. The van der Waals surface area contributed by atoms with Crippen molar-refractivity contribution >= 4 is 40.4 Å². The van der Waals surface area contributed by atoms with Gasteiger partial charge in [0.25, 0.3) is 0 Å². The number of H-pyrrole nitrogens is 1. The smallest absolute Gasteiger partial charge is 0.152 e. The molecule has 1 N–H and O–H groups in total. The summed E-state index contributed by atoms with van der Waals surface area (Å²) in [6, 6.07) is 11.1. The van der Waals surface area contributed by atoms with Crippen LogP contribution in [0.15, 0.2) is 36.4 Å². The molecular formula is C16H11Cl2NO. The Morgan fingerprint density at radius 2 is 1.95 bits per heavy atom. The van der Waals surface area contributed by atoms with Crippen LogP contribution in [0.4, 0.5) is 0 Å². The lowest BCUT2D eigenvalue weighted by molar-refractivity contribution is 0.112. The van der Waals surface area contributed by atoms with Gasteiger partial charge in [-0.05, 0) is 30.7 Å². The summed E-state index contributed by atoms with van der Waals surface area (Å²) in [5, 5.41) is 1.95. The zero-order valence-corrected chi connectivity index (χ0v) is 12.2. The molecule has 0 atom stereocenters. The summed E-state index contributed by atoms with van der Waals surface area (Å²) >= 11 is 12.3. The zero-order valence-electron chi connectivity index (χ0n) is 10.7. The van der Waals surface area contributed by atoms with Gasteiger partial charge >= 0.3 is 0 Å². The topological polar surface area (TPSA) is 32.9 Å². The molecule has 0 spiro atoms. The minimum atomic E-state index is 0.566. The van der Waals surface area contributed by atoms with E-state index in [1.54, 1.807) is 6.07 Å². The van der Waals surface area contributed by atoms with E-state index in [2.05, 4.69) is 4.98 Å². The molecule has 20 heavy (non-hydrogen) atoms. The minimum absolute atomic E-state index is 0.566. The van der Waals surface area contributed by atoms with Crippen LogP contribution in [0.5, 0.6) is 0 Å². The molecule has 1 heterocycles. The summed E-state index contributed by atoms with van der Waals surface area (Å²) in [7, 11) is 0. The molecule has 0 bridgehead atoms. The number of benzene rings is 2. The summed E-state index contributed by atoms with van der Waals surface area (Å²) in [5.74, 6) is 0. The fourth-order valence-electron chi connectivity index (χ4n) is 2.41. The van der Waals surface area contributed by atoms with Gasteiger partial charge < -0.3 is 4.98 Å². The maximum absolute atomic E-state index is 11.5. The fraction of sp³-hybridized carbons (Fsp3) is 0.0625. The van der Waals surface area contributed by atoms with Crippen LogP contribution >= 0.6 is 23.2 Å². The second-order valence-corrected chi connectivity index (χ2v) is 5.50. The molecule has 3 rings (SSSR count). The second-order valence-electron chi connectivity index (χ2n) is 4.66. The Bertz CT molecular complexity index is 821. The van der Waals surface area contributed by atoms with E-state index in [0.29, 0.717) is 15.6 Å². The largest absolute Gasteiger partial charge is 0.354 e. The van der Waals surface area contributed by atoms with Crippen molar-refractivity contribution in [3.8, 4) is 11.3 Å². The Kier molecular flexibility index (Phi) is 3.28. The third-order valence-electron chi connectivity index (χ3n) is 3.38. The molecule has 1 aromatic heterocycles. The molecule has 0 saturated heterocycles. The van der Waals surface area contributed by atoms with Gasteiger partial charge in [0, 0.05) is 21.5 Å². The van der Waals surface area contributed by atoms with Crippen molar-refractivity contribution in [1.82, 2.24) is 4.98 Å². The summed E-state index contributed by atoms with van der Waals surface area (Å²) in [5.41, 5.74) is 4.10. The highest BCUT2D eigenvalue weighted by Crippen LogP contribution is 2.35. The lowest BCUT2D eigenvalue weighted by atomic mass is 10.1. The number of rotatable bonds is 2. The number of nitrogens with one attached hydrogen (secondary N) is 1. The summed E-state index contributed by atoms with van der Waals surface area (Å²) in [4.78, 5) is 14.8. The third kappa shape index (κ3) is 2.01. The highest BCUT2D eigenvalue weighted by molar-refractivity contribution is 6.37. The Labute approximate surface area is 126 Å². The van der Waals surface area contributed by atoms with Gasteiger partial charge in [0.05, 0.1) is 16.2 Å². The number of carbonyl (C=O) groups excluding carboxylic acids is 1. The van der Waals surface area contributed by atoms with Gasteiger partial charge in [0.2, 0.25) is 0 Å². The molecule has 0 aliphatic rings. The number of hydrogen-bond acceptors (Lipinski definition) is 1. The molecule has 0 aliphatic carbocycles. The van der Waals surface area contributed by atoms with E-state index >= 15 is 0 Å². The zero-order chi connectivity index (χ0) is 14.3. The predicted molar refractivity (Wildman–Crippen MR) is 83.9 cm³/mol. The maximum atomic E-state index is 11.5. The third-order valence-corrected chi connectivity index (χ3v) is 3.93. The average Bonchev–Trinajstić information content (AvgIpc) is 2.83. The average molecular weight is 304 g/mol. The van der Waals surface area contributed by atoms with Crippen LogP contribution in [0.1, 0.15) is 15.9 Å². The number of hydrogen-bond donors (Lipinski definition) is 1. The van der Waals surface area contributed by atoms with E-state index < -0.39 is 0 Å². The molecule has 2 aromatic carbocycles. The Morgan fingerprint density at radius 3 is 2.65 bits per heavy atom. The Morgan fingerprint density at radius 1 is 1.15 bits per heavy atom. The first kappa shape index (κ1) is 13.2. The highest BCUT2D eigenvalue weighted by atomic mass is 35.5. The van der Waals surface area contributed by atoms with Crippen molar-refractivity contribution in [1.29, 1.82) is 0 Å². The molecule has 0 aliphatic heterocycles. The van der Waals surface area contributed by atoms with Gasteiger partial charge in [0.1, 0.15) is 0 Å². The van der Waals surface area contributed by atoms with E-state index in [9.17, 15) is 4.79 Å². The highest BCUT2D eigenvalue weighted by Gasteiger charge is 2.16. The number of halogens is 2. The summed E-state index contributed by atoms with van der Waals surface area (Å²) < 4.78 is 0. The summed E-state index contributed by atoms with van der Waals surface area (Å²) in [6.45, 7) is 1.98. The van der Waals surface area contributed by atoms with Crippen molar-refractivity contribution in [2.24, 2.45) is 0 Å². The van der Waals surface area contributed by atoms with Crippen LogP contribution in [-0.2, 0) is 0 Å². The predicted octanol–water partition coefficient (Wildman–Crippen LogP) is 5.26. The van der Waals surface area contributed by atoms with Crippen LogP contribution in [-0.4, -0.2) is 11.3 Å². The summed E-state index contributed by atoms with van der Waals surface area (Å²) in [6.07, 6.45) is 0.834. The van der Waals surface area contributed by atoms with Gasteiger partial charge in [-0.25, -0.2) is 0 Å². The van der Waals surface area contributed by atoms with Crippen LogP contribution in [0.25, 0.3) is 22.2 Å². The SMILES string of the molecule is Cc1ccc(Cl)c2c(C=O)c(-c3cccc(Cl)c3)[nH]c12. The van der Waals surface area contributed by atoms with Crippen LogP contribution in [0.2, 0.25) is 10.0 Å². The van der Waals surface area contributed by atoms with E-state index in [0.717, 1.165) is 34.0 Å². The van der Waals surface area contributed by atoms with Gasteiger partial charge in [-0.3, -0.25) is 4.79 Å². The van der Waals surface area contributed by atoms with Crippen molar-refractivity contribution < 1.29 is 4.79 Å². The number of carbonyl (C=O) groups is 1. The maximum Gasteiger partial charge on any atom is 0.152 e. The standard InChI is InChI=1S/C16H11Cl2NO/c1-9-5-6-13(18)14-12(8-20)16(19-15(9)14)10-3-2-4-11(17)7-10/h2-8,19H,1H3. The van der Waals surface area contributed by atoms with Crippen molar-refractivity contribution in [2.75, 3.05) is 0 Å². The normalized spacial score (nSPS) is 10.9. The molecule has 4 heteroatoms. The molecule has 0 unspecified atom stereocenters. The van der Waals surface area contributed by atoms with Gasteiger partial charge in [0.15, 0.2) is 6.29 Å². The minimum Gasteiger partial charge on any atom is -0.354 e. The van der Waals surface area contributed by atoms with E-state index in [1.807, 2.05) is 37.3 Å². The Balaban J connectivity index is 2.40. The number of fused-ring (bicyclic) bond motifs is 1. The molecule has 0 radical (unpaired) electrons. The van der Waals surface area contributed by atoms with Gasteiger partial charge in [-0.1, -0.05) is 41.4 Å². The lowest BCUT2D eigenvalue weighted by Crippen LogP contribution is -1.84. The molecule has 2 nitrogen and oxygen atoms in total. The van der Waals surface area contributed by atoms with E-state index in [4.69, 9.17) is 23.2 Å². The molecule has 3 aromatic rings. The van der Waals surface area contributed by atoms with Crippen molar-refractivity contribution in [2.45, 2.75) is 6.92 Å². The lowest BCUT2D eigenvalue weighted by Gasteiger charge is -2.00. The number of aryl methyl sites for hydroxylation is 1. The second kappa shape index (κ2) is 4.97. The van der Waals surface area contributed by atoms with Crippen molar-refractivity contribution in [3.05, 3.63) is 57.6 Å². The monoisotopic (exact) mass is 303 g/mol. The number of aromatic amines is 1.